The molecule has 3 rings (SSSR count). The number of rotatable bonds is 7. The van der Waals surface area contributed by atoms with Crippen molar-refractivity contribution in [1.82, 2.24) is 15.5 Å². The van der Waals surface area contributed by atoms with Crippen LogP contribution in [0, 0.1) is 11.7 Å². The van der Waals surface area contributed by atoms with E-state index >= 15 is 0 Å². The van der Waals surface area contributed by atoms with Gasteiger partial charge in [0, 0.05) is 30.1 Å². The first-order valence-electron chi connectivity index (χ1n) is 10.2. The molecule has 2 N–H and O–H groups in total. The minimum absolute atomic E-state index is 0.221. The molecule has 1 aliphatic heterocycles. The third kappa shape index (κ3) is 6.88. The summed E-state index contributed by atoms with van der Waals surface area (Å²) >= 11 is 1.58. The Hall–Kier alpha value is -3.27. The first-order chi connectivity index (χ1) is 15.4. The predicted octanol–water partition coefficient (Wildman–Crippen LogP) is 2.35. The van der Waals surface area contributed by atoms with Gasteiger partial charge in [0.05, 0.1) is 5.92 Å². The number of ether oxygens (including phenoxy) is 1. The minimum Gasteiger partial charge on any atom is -0.455 e. The fraction of sp³-hybridized carbons (Fsp3) is 0.364. The summed E-state index contributed by atoms with van der Waals surface area (Å²) in [7, 11) is 0. The average Bonchev–Trinajstić information content (AvgIpc) is 3.31. The number of benzene rings is 1. The molecule has 2 aromatic rings. The SMILES string of the molecule is O=C(COC(=O)C1CCN(C(=O)c2ccc(F)cc2)CC1)NC(=O)NCCc1cccs1. The van der Waals surface area contributed by atoms with Crippen LogP contribution in [0.25, 0.3) is 0 Å². The number of esters is 1. The van der Waals surface area contributed by atoms with Gasteiger partial charge in [-0.05, 0) is 55.0 Å². The van der Waals surface area contributed by atoms with E-state index in [-0.39, 0.29) is 5.91 Å². The number of nitrogens with zero attached hydrogens (tertiary/aromatic N) is 1. The van der Waals surface area contributed by atoms with Gasteiger partial charge >= 0.3 is 12.0 Å². The van der Waals surface area contributed by atoms with Crippen LogP contribution < -0.4 is 10.6 Å². The largest absolute Gasteiger partial charge is 0.455 e. The van der Waals surface area contributed by atoms with Crippen molar-refractivity contribution in [2.24, 2.45) is 5.92 Å². The Kier molecular flexibility index (Phi) is 8.32. The van der Waals surface area contributed by atoms with Crippen LogP contribution in [0.1, 0.15) is 28.1 Å². The van der Waals surface area contributed by atoms with Gasteiger partial charge in [0.2, 0.25) is 0 Å². The summed E-state index contributed by atoms with van der Waals surface area (Å²) < 4.78 is 18.0. The lowest BCUT2D eigenvalue weighted by atomic mass is 9.96. The monoisotopic (exact) mass is 461 g/mol. The fourth-order valence-corrected chi connectivity index (χ4v) is 4.02. The van der Waals surface area contributed by atoms with Gasteiger partial charge in [-0.15, -0.1) is 11.3 Å². The third-order valence-electron chi connectivity index (χ3n) is 5.04. The van der Waals surface area contributed by atoms with Crippen LogP contribution in [0.4, 0.5) is 9.18 Å². The number of piperidine rings is 1. The molecule has 1 fully saturated rings. The van der Waals surface area contributed by atoms with Crippen molar-refractivity contribution < 1.29 is 28.3 Å². The zero-order chi connectivity index (χ0) is 22.9. The number of imide groups is 1. The number of urea groups is 1. The zero-order valence-electron chi connectivity index (χ0n) is 17.3. The van der Waals surface area contributed by atoms with Gasteiger partial charge < -0.3 is 15.0 Å². The highest BCUT2D eigenvalue weighted by molar-refractivity contribution is 7.09. The normalized spacial score (nSPS) is 14.0. The first-order valence-corrected chi connectivity index (χ1v) is 11.1. The van der Waals surface area contributed by atoms with Crippen molar-refractivity contribution in [3.05, 3.63) is 58.0 Å². The molecule has 0 spiro atoms. The van der Waals surface area contributed by atoms with E-state index in [2.05, 4.69) is 10.6 Å². The molecule has 0 saturated carbocycles. The van der Waals surface area contributed by atoms with E-state index in [1.54, 1.807) is 16.2 Å². The van der Waals surface area contributed by atoms with Crippen LogP contribution >= 0.6 is 11.3 Å². The van der Waals surface area contributed by atoms with Crippen LogP contribution in [-0.4, -0.2) is 55.0 Å². The molecule has 1 aromatic heterocycles. The van der Waals surface area contributed by atoms with Crippen molar-refractivity contribution >= 4 is 35.2 Å². The number of hydrogen-bond acceptors (Lipinski definition) is 6. The number of likely N-dealkylation sites (tertiary alicyclic amines) is 1. The highest BCUT2D eigenvalue weighted by Crippen LogP contribution is 2.20. The standard InChI is InChI=1S/C22H24FN3O5S/c23-17-5-3-15(4-6-17)20(28)26-11-8-16(9-12-26)21(29)31-14-19(27)25-22(30)24-10-7-18-2-1-13-32-18/h1-6,13,16H,7-12,14H2,(H2,24,25,27,30). The lowest BCUT2D eigenvalue weighted by Gasteiger charge is -2.31. The van der Waals surface area contributed by atoms with E-state index < -0.39 is 36.2 Å². The van der Waals surface area contributed by atoms with E-state index in [0.717, 1.165) is 4.88 Å². The summed E-state index contributed by atoms with van der Waals surface area (Å²) in [6.07, 6.45) is 1.46. The molecule has 1 aromatic carbocycles. The molecular weight excluding hydrogens is 437 g/mol. The van der Waals surface area contributed by atoms with Gasteiger partial charge in [0.1, 0.15) is 5.82 Å². The molecule has 0 atom stereocenters. The second-order valence-electron chi connectivity index (χ2n) is 7.31. The molecule has 32 heavy (non-hydrogen) atoms. The number of thiophene rings is 1. The fourth-order valence-electron chi connectivity index (χ4n) is 3.31. The van der Waals surface area contributed by atoms with Crippen LogP contribution in [0.5, 0.6) is 0 Å². The quantitative estimate of drug-likeness (QED) is 0.616. The zero-order valence-corrected chi connectivity index (χ0v) is 18.2. The van der Waals surface area contributed by atoms with Gasteiger partial charge in [-0.25, -0.2) is 9.18 Å². The van der Waals surface area contributed by atoms with Crippen LogP contribution in [0.2, 0.25) is 0 Å². The average molecular weight is 462 g/mol. The number of carbonyl (C=O) groups is 4. The molecule has 0 unspecified atom stereocenters. The Morgan fingerprint density at radius 2 is 1.81 bits per heavy atom. The van der Waals surface area contributed by atoms with E-state index in [1.807, 2.05) is 17.5 Å². The molecular formula is C22H24FN3O5S. The molecule has 1 aliphatic rings. The van der Waals surface area contributed by atoms with Crippen LogP contribution in [0.3, 0.4) is 0 Å². The summed E-state index contributed by atoms with van der Waals surface area (Å²) in [5.74, 6) is -2.31. The van der Waals surface area contributed by atoms with Crippen molar-refractivity contribution in [2.45, 2.75) is 19.3 Å². The number of amides is 4. The van der Waals surface area contributed by atoms with Gasteiger partial charge in [0.25, 0.3) is 11.8 Å². The first kappa shape index (κ1) is 23.4. The summed E-state index contributed by atoms with van der Waals surface area (Å²) in [6.45, 7) is 0.546. The van der Waals surface area contributed by atoms with Gasteiger partial charge in [-0.3, -0.25) is 19.7 Å². The molecule has 2 heterocycles. The molecule has 0 bridgehead atoms. The van der Waals surface area contributed by atoms with Crippen molar-refractivity contribution in [3.8, 4) is 0 Å². The van der Waals surface area contributed by atoms with Gasteiger partial charge in [0.15, 0.2) is 6.61 Å². The maximum atomic E-state index is 13.0. The Bertz CT molecular complexity index is 941. The lowest BCUT2D eigenvalue weighted by Crippen LogP contribution is -2.43. The highest BCUT2D eigenvalue weighted by atomic mass is 32.1. The maximum absolute atomic E-state index is 13.0. The molecule has 8 nitrogen and oxygen atoms in total. The molecule has 4 amide bonds. The summed E-state index contributed by atoms with van der Waals surface area (Å²) in [5, 5.41) is 6.64. The van der Waals surface area contributed by atoms with Crippen molar-refractivity contribution in [1.29, 1.82) is 0 Å². The second kappa shape index (κ2) is 11.4. The smallest absolute Gasteiger partial charge is 0.321 e. The van der Waals surface area contributed by atoms with E-state index in [4.69, 9.17) is 4.74 Å². The van der Waals surface area contributed by atoms with E-state index in [9.17, 15) is 23.6 Å². The van der Waals surface area contributed by atoms with E-state index in [0.29, 0.717) is 44.5 Å². The number of carbonyl (C=O) groups excluding carboxylic acids is 4. The van der Waals surface area contributed by atoms with Crippen LogP contribution in [-0.2, 0) is 20.7 Å². The predicted molar refractivity (Wildman–Crippen MR) is 116 cm³/mol. The Morgan fingerprint density at radius 3 is 2.47 bits per heavy atom. The van der Waals surface area contributed by atoms with Crippen molar-refractivity contribution in [2.75, 3.05) is 26.2 Å². The Labute approximate surface area is 188 Å². The van der Waals surface area contributed by atoms with Crippen molar-refractivity contribution in [3.63, 3.8) is 0 Å². The topological polar surface area (TPSA) is 105 Å². The molecule has 0 aliphatic carbocycles. The molecule has 0 radical (unpaired) electrons. The minimum atomic E-state index is -0.712. The highest BCUT2D eigenvalue weighted by Gasteiger charge is 2.29. The summed E-state index contributed by atoms with van der Waals surface area (Å²) in [6, 6.07) is 8.54. The number of hydrogen-bond donors (Lipinski definition) is 2. The molecule has 1 saturated heterocycles. The van der Waals surface area contributed by atoms with E-state index in [1.165, 1.54) is 24.3 Å². The number of halogens is 1. The lowest BCUT2D eigenvalue weighted by molar-refractivity contribution is -0.153. The summed E-state index contributed by atoms with van der Waals surface area (Å²) in [4.78, 5) is 50.9. The number of nitrogens with one attached hydrogen (secondary N) is 2. The Morgan fingerprint density at radius 1 is 1.09 bits per heavy atom. The third-order valence-corrected chi connectivity index (χ3v) is 5.98. The Balaban J connectivity index is 1.32. The van der Waals surface area contributed by atoms with Gasteiger partial charge in [-0.1, -0.05) is 6.07 Å². The van der Waals surface area contributed by atoms with Crippen LogP contribution in [0.15, 0.2) is 41.8 Å². The second-order valence-corrected chi connectivity index (χ2v) is 8.35. The molecule has 10 heteroatoms. The van der Waals surface area contributed by atoms with Gasteiger partial charge in [-0.2, -0.15) is 0 Å². The molecule has 170 valence electrons. The summed E-state index contributed by atoms with van der Waals surface area (Å²) in [5.41, 5.74) is 0.387. The maximum Gasteiger partial charge on any atom is 0.321 e.